The molecule has 0 spiro atoms. The van der Waals surface area contributed by atoms with Gasteiger partial charge >= 0.3 is 0 Å². The van der Waals surface area contributed by atoms with Gasteiger partial charge in [-0.15, -0.1) is 0 Å². The molecular weight excluding hydrogens is 234 g/mol. The summed E-state index contributed by atoms with van der Waals surface area (Å²) in [7, 11) is 1.84. The lowest BCUT2D eigenvalue weighted by molar-refractivity contribution is 0.0747. The van der Waals surface area contributed by atoms with Gasteiger partial charge in [-0.2, -0.15) is 11.8 Å². The van der Waals surface area contributed by atoms with E-state index < -0.39 is 0 Å². The Morgan fingerprint density at radius 3 is 2.82 bits per heavy atom. The molecule has 0 bridgehead atoms. The van der Waals surface area contributed by atoms with E-state index in [9.17, 15) is 4.79 Å². The molecule has 0 aromatic carbocycles. The average molecular weight is 255 g/mol. The number of nitrogens with zero attached hydrogens (tertiary/aromatic N) is 2. The third-order valence-corrected chi connectivity index (χ3v) is 3.68. The van der Waals surface area contributed by atoms with Crippen LogP contribution in [0.3, 0.4) is 0 Å². The molecule has 17 heavy (non-hydrogen) atoms. The Labute approximate surface area is 107 Å². The molecule has 0 fully saturated rings. The van der Waals surface area contributed by atoms with Gasteiger partial charge in [0.05, 0.1) is 5.69 Å². The zero-order valence-corrected chi connectivity index (χ0v) is 11.8. The van der Waals surface area contributed by atoms with Crippen molar-refractivity contribution in [2.45, 2.75) is 26.4 Å². The number of amides is 1. The van der Waals surface area contributed by atoms with Crippen molar-refractivity contribution in [3.05, 3.63) is 18.0 Å². The first kappa shape index (κ1) is 14.0. The maximum atomic E-state index is 12.3. The van der Waals surface area contributed by atoms with Crippen LogP contribution in [0.5, 0.6) is 0 Å². The summed E-state index contributed by atoms with van der Waals surface area (Å²) < 4.78 is 1.89. The highest BCUT2D eigenvalue weighted by molar-refractivity contribution is 7.98. The van der Waals surface area contributed by atoms with E-state index in [1.165, 1.54) is 0 Å². The second-order valence-electron chi connectivity index (χ2n) is 4.17. The van der Waals surface area contributed by atoms with E-state index in [0.29, 0.717) is 11.4 Å². The van der Waals surface area contributed by atoms with Gasteiger partial charge in [0, 0.05) is 31.6 Å². The molecular formula is C12H21N3OS. The third kappa shape index (κ3) is 3.19. The molecule has 0 radical (unpaired) electrons. The van der Waals surface area contributed by atoms with Crippen LogP contribution in [0.15, 0.2) is 12.3 Å². The molecule has 1 rings (SSSR count). The zero-order valence-electron chi connectivity index (χ0n) is 10.9. The van der Waals surface area contributed by atoms with Crippen molar-refractivity contribution in [3.63, 3.8) is 0 Å². The van der Waals surface area contributed by atoms with Gasteiger partial charge in [-0.05, 0) is 26.2 Å². The lowest BCUT2D eigenvalue weighted by atomic mass is 10.3. The number of hydrogen-bond donors (Lipinski definition) is 1. The molecule has 1 unspecified atom stereocenters. The second kappa shape index (κ2) is 6.00. The van der Waals surface area contributed by atoms with E-state index in [2.05, 4.69) is 6.92 Å². The maximum Gasteiger partial charge on any atom is 0.270 e. The number of nitrogens with two attached hydrogens (primary N) is 1. The van der Waals surface area contributed by atoms with Gasteiger partial charge in [0.1, 0.15) is 5.69 Å². The van der Waals surface area contributed by atoms with Crippen LogP contribution in [0.2, 0.25) is 0 Å². The summed E-state index contributed by atoms with van der Waals surface area (Å²) in [5, 5.41) is 0. The number of carbonyl (C=O) groups is 1. The van der Waals surface area contributed by atoms with E-state index in [0.717, 1.165) is 12.3 Å². The predicted octanol–water partition coefficient (Wildman–Crippen LogP) is 1.91. The molecule has 0 saturated heterocycles. The van der Waals surface area contributed by atoms with Crippen LogP contribution in [-0.2, 0) is 6.54 Å². The van der Waals surface area contributed by atoms with Gasteiger partial charge in [-0.25, -0.2) is 0 Å². The normalized spacial score (nSPS) is 12.5. The number of hydrogen-bond acceptors (Lipinski definition) is 3. The highest BCUT2D eigenvalue weighted by atomic mass is 32.2. The molecule has 0 aliphatic heterocycles. The number of aryl methyl sites for hydroxylation is 1. The van der Waals surface area contributed by atoms with E-state index >= 15 is 0 Å². The molecule has 1 heterocycles. The summed E-state index contributed by atoms with van der Waals surface area (Å²) >= 11 is 1.74. The first-order chi connectivity index (χ1) is 8.01. The smallest absolute Gasteiger partial charge is 0.270 e. The van der Waals surface area contributed by atoms with Crippen LogP contribution in [0.4, 0.5) is 5.69 Å². The van der Waals surface area contributed by atoms with E-state index in [1.54, 1.807) is 28.9 Å². The number of aromatic nitrogens is 1. The molecule has 2 N–H and O–H groups in total. The lowest BCUT2D eigenvalue weighted by Crippen LogP contribution is -2.37. The van der Waals surface area contributed by atoms with Crippen LogP contribution in [0.1, 0.15) is 24.3 Å². The van der Waals surface area contributed by atoms with Crippen LogP contribution >= 0.6 is 11.8 Å². The van der Waals surface area contributed by atoms with Crippen LogP contribution in [0.25, 0.3) is 0 Å². The Morgan fingerprint density at radius 1 is 1.65 bits per heavy atom. The van der Waals surface area contributed by atoms with Gasteiger partial charge < -0.3 is 15.2 Å². The first-order valence-corrected chi connectivity index (χ1v) is 7.12. The molecule has 96 valence electrons. The fraction of sp³-hybridized carbons (Fsp3) is 0.583. The summed E-state index contributed by atoms with van der Waals surface area (Å²) in [4.78, 5) is 14.1. The van der Waals surface area contributed by atoms with Crippen molar-refractivity contribution >= 4 is 23.4 Å². The number of nitrogen functional groups attached to an aromatic ring is 1. The number of rotatable bonds is 5. The third-order valence-electron chi connectivity index (χ3n) is 2.87. The molecule has 1 atom stereocenters. The molecule has 1 amide bonds. The minimum atomic E-state index is 0.0325. The molecule has 4 nitrogen and oxygen atoms in total. The zero-order chi connectivity index (χ0) is 13.0. The maximum absolute atomic E-state index is 12.3. The summed E-state index contributed by atoms with van der Waals surface area (Å²) in [6, 6.07) is 1.97. The summed E-state index contributed by atoms with van der Waals surface area (Å²) in [6.45, 7) is 4.81. The van der Waals surface area contributed by atoms with Gasteiger partial charge in [0.2, 0.25) is 0 Å². The van der Waals surface area contributed by atoms with Crippen molar-refractivity contribution in [1.82, 2.24) is 9.47 Å². The predicted molar refractivity (Wildman–Crippen MR) is 74.5 cm³/mol. The van der Waals surface area contributed by atoms with Crippen molar-refractivity contribution in [1.29, 1.82) is 0 Å². The Kier molecular flexibility index (Phi) is 4.93. The van der Waals surface area contributed by atoms with Crippen LogP contribution in [-0.4, -0.2) is 40.5 Å². The Morgan fingerprint density at radius 2 is 2.29 bits per heavy atom. The lowest BCUT2D eigenvalue weighted by Gasteiger charge is -2.24. The molecule has 5 heteroatoms. The van der Waals surface area contributed by atoms with Crippen LogP contribution in [0, 0.1) is 0 Å². The second-order valence-corrected chi connectivity index (χ2v) is 5.08. The quantitative estimate of drug-likeness (QED) is 0.874. The summed E-state index contributed by atoms with van der Waals surface area (Å²) in [5.41, 5.74) is 7.04. The summed E-state index contributed by atoms with van der Waals surface area (Å²) in [6.07, 6.45) is 3.85. The van der Waals surface area contributed by atoms with Gasteiger partial charge in [0.15, 0.2) is 0 Å². The van der Waals surface area contributed by atoms with Gasteiger partial charge in [-0.1, -0.05) is 0 Å². The topological polar surface area (TPSA) is 51.3 Å². The fourth-order valence-corrected chi connectivity index (χ4v) is 2.41. The number of thioether (sulfide) groups is 1. The van der Waals surface area contributed by atoms with Gasteiger partial charge in [0.25, 0.3) is 5.91 Å². The Balaban J connectivity index is 2.87. The Hall–Kier alpha value is -1.10. The van der Waals surface area contributed by atoms with E-state index in [4.69, 9.17) is 5.73 Å². The highest BCUT2D eigenvalue weighted by Crippen LogP contribution is 2.14. The van der Waals surface area contributed by atoms with Gasteiger partial charge in [-0.3, -0.25) is 4.79 Å². The standard InChI is InChI=1S/C12H21N3OS/c1-5-15-7-10(13)6-11(15)12(16)14(3)9(2)8-17-4/h6-7,9H,5,8,13H2,1-4H3. The van der Waals surface area contributed by atoms with Crippen molar-refractivity contribution in [2.75, 3.05) is 24.8 Å². The average Bonchev–Trinajstić information content (AvgIpc) is 2.68. The number of anilines is 1. The first-order valence-electron chi connectivity index (χ1n) is 5.73. The minimum Gasteiger partial charge on any atom is -0.397 e. The molecule has 1 aromatic rings. The van der Waals surface area contributed by atoms with E-state index in [1.807, 2.05) is 24.8 Å². The van der Waals surface area contributed by atoms with Crippen molar-refractivity contribution in [3.8, 4) is 0 Å². The van der Waals surface area contributed by atoms with E-state index in [-0.39, 0.29) is 11.9 Å². The Bertz CT molecular complexity index is 389. The van der Waals surface area contributed by atoms with Crippen molar-refractivity contribution in [2.24, 2.45) is 0 Å². The molecule has 0 aliphatic carbocycles. The number of carbonyl (C=O) groups excluding carboxylic acids is 1. The molecule has 0 saturated carbocycles. The molecule has 1 aromatic heterocycles. The van der Waals surface area contributed by atoms with Crippen molar-refractivity contribution < 1.29 is 4.79 Å². The summed E-state index contributed by atoms with van der Waals surface area (Å²) in [5.74, 6) is 0.968. The minimum absolute atomic E-state index is 0.0325. The monoisotopic (exact) mass is 255 g/mol. The largest absolute Gasteiger partial charge is 0.397 e. The fourth-order valence-electron chi connectivity index (χ4n) is 1.71. The molecule has 0 aliphatic rings. The SMILES string of the molecule is CCn1cc(N)cc1C(=O)N(C)C(C)CSC. The highest BCUT2D eigenvalue weighted by Gasteiger charge is 2.20. The van der Waals surface area contributed by atoms with Crippen LogP contribution < -0.4 is 5.73 Å².